The monoisotopic (exact) mass is 354 g/mol. The summed E-state index contributed by atoms with van der Waals surface area (Å²) in [4.78, 5) is 0. The molecule has 0 aliphatic carbocycles. The highest BCUT2D eigenvalue weighted by atomic mass is 16.7. The lowest BCUT2D eigenvalue weighted by Gasteiger charge is -2.24. The smallest absolute Gasteiger partial charge is 0.188 e. The van der Waals surface area contributed by atoms with Gasteiger partial charge >= 0.3 is 0 Å². The lowest BCUT2D eigenvalue weighted by atomic mass is 10.1. The van der Waals surface area contributed by atoms with Gasteiger partial charge in [-0.15, -0.1) is 0 Å². The highest BCUT2D eigenvalue weighted by Crippen LogP contribution is 2.32. The van der Waals surface area contributed by atoms with Gasteiger partial charge in [0.1, 0.15) is 0 Å². The maximum atomic E-state index is 9.59. The number of rotatable bonds is 7. The molecule has 0 heterocycles. The van der Waals surface area contributed by atoms with Gasteiger partial charge in [-0.1, -0.05) is 91.0 Å². The molecule has 3 rings (SSSR count). The topological polar surface area (TPSA) is 66.0 Å². The molecule has 3 aromatic rings. The van der Waals surface area contributed by atoms with E-state index in [2.05, 4.69) is 12.1 Å². The van der Waals surface area contributed by atoms with Crippen LogP contribution in [0.3, 0.4) is 0 Å². The van der Waals surface area contributed by atoms with E-state index in [0.29, 0.717) is 0 Å². The normalized spacial score (nSPS) is 12.7. The van der Waals surface area contributed by atoms with Crippen LogP contribution in [0.4, 0.5) is 0 Å². The molecule has 0 radical (unpaired) electrons. The van der Waals surface area contributed by atoms with E-state index < -0.39 is 18.5 Å². The van der Waals surface area contributed by atoms with Crippen molar-refractivity contribution in [2.24, 2.45) is 0 Å². The SMILES string of the molecule is N#C[C@@H](OC(O[C@H](C#N)c1ccccc1)c1ccccc1)c1ccccc1. The van der Waals surface area contributed by atoms with Crippen LogP contribution in [-0.4, -0.2) is 0 Å². The Morgan fingerprint density at radius 1 is 0.519 bits per heavy atom. The van der Waals surface area contributed by atoms with Crippen molar-refractivity contribution in [1.82, 2.24) is 0 Å². The molecule has 0 saturated carbocycles. The van der Waals surface area contributed by atoms with Crippen molar-refractivity contribution in [2.75, 3.05) is 0 Å². The molecule has 3 aromatic carbocycles. The van der Waals surface area contributed by atoms with Gasteiger partial charge in [0, 0.05) is 5.56 Å². The number of nitrogens with zero attached hydrogens (tertiary/aromatic N) is 2. The van der Waals surface area contributed by atoms with Crippen LogP contribution >= 0.6 is 0 Å². The largest absolute Gasteiger partial charge is 0.325 e. The fourth-order valence-electron chi connectivity index (χ4n) is 2.67. The molecule has 0 N–H and O–H groups in total. The van der Waals surface area contributed by atoms with Crippen LogP contribution in [0.5, 0.6) is 0 Å². The standard InChI is InChI=1S/C23H18N2O2/c24-16-21(18-10-4-1-5-11-18)26-23(20-14-8-3-9-15-20)27-22(17-25)19-12-6-2-7-13-19/h1-15,21-23H/t21-,22-/m1/s1. The molecular formula is C23H18N2O2. The van der Waals surface area contributed by atoms with Crippen molar-refractivity contribution in [3.05, 3.63) is 108 Å². The summed E-state index contributed by atoms with van der Waals surface area (Å²) in [6.07, 6.45) is -2.49. The number of ether oxygens (including phenoxy) is 2. The Morgan fingerprint density at radius 3 is 1.19 bits per heavy atom. The molecule has 132 valence electrons. The molecule has 27 heavy (non-hydrogen) atoms. The molecule has 4 heteroatoms. The first-order chi connectivity index (χ1) is 13.3. The number of nitriles is 2. The minimum Gasteiger partial charge on any atom is -0.325 e. The second-order valence-corrected chi connectivity index (χ2v) is 5.85. The zero-order valence-corrected chi connectivity index (χ0v) is 14.6. The summed E-state index contributed by atoms with van der Waals surface area (Å²) >= 11 is 0. The summed E-state index contributed by atoms with van der Waals surface area (Å²) in [7, 11) is 0. The summed E-state index contributed by atoms with van der Waals surface area (Å²) < 4.78 is 12.0. The van der Waals surface area contributed by atoms with Gasteiger partial charge in [0.25, 0.3) is 0 Å². The van der Waals surface area contributed by atoms with Crippen LogP contribution < -0.4 is 0 Å². The van der Waals surface area contributed by atoms with Crippen molar-refractivity contribution in [3.8, 4) is 12.1 Å². The molecule has 2 atom stereocenters. The molecule has 4 nitrogen and oxygen atoms in total. The summed E-state index contributed by atoms with van der Waals surface area (Å²) in [6, 6.07) is 32.1. The third kappa shape index (κ3) is 4.80. The van der Waals surface area contributed by atoms with E-state index in [4.69, 9.17) is 9.47 Å². The van der Waals surface area contributed by atoms with Gasteiger partial charge in [0.2, 0.25) is 0 Å². The maximum absolute atomic E-state index is 9.59. The Labute approximate surface area is 158 Å². The lowest BCUT2D eigenvalue weighted by molar-refractivity contribution is -0.181. The van der Waals surface area contributed by atoms with E-state index in [-0.39, 0.29) is 0 Å². The van der Waals surface area contributed by atoms with Gasteiger partial charge in [0.15, 0.2) is 18.5 Å². The van der Waals surface area contributed by atoms with E-state index in [1.165, 1.54) is 0 Å². The number of hydrogen-bond donors (Lipinski definition) is 0. The fraction of sp³-hybridized carbons (Fsp3) is 0.130. The first kappa shape index (κ1) is 18.4. The van der Waals surface area contributed by atoms with Gasteiger partial charge in [-0.3, -0.25) is 0 Å². The molecule has 0 amide bonds. The van der Waals surface area contributed by atoms with Crippen molar-refractivity contribution in [1.29, 1.82) is 10.5 Å². The zero-order valence-electron chi connectivity index (χ0n) is 14.6. The van der Waals surface area contributed by atoms with Crippen LogP contribution in [0.2, 0.25) is 0 Å². The van der Waals surface area contributed by atoms with Crippen molar-refractivity contribution in [2.45, 2.75) is 18.5 Å². The van der Waals surface area contributed by atoms with E-state index >= 15 is 0 Å². The van der Waals surface area contributed by atoms with Crippen LogP contribution in [0.25, 0.3) is 0 Å². The van der Waals surface area contributed by atoms with Crippen molar-refractivity contribution in [3.63, 3.8) is 0 Å². The Bertz CT molecular complexity index is 856. The predicted octanol–water partition coefficient (Wildman–Crippen LogP) is 5.25. The molecular weight excluding hydrogens is 336 g/mol. The Morgan fingerprint density at radius 2 is 0.852 bits per heavy atom. The molecule has 0 saturated heterocycles. The first-order valence-electron chi connectivity index (χ1n) is 8.57. The second-order valence-electron chi connectivity index (χ2n) is 5.85. The number of hydrogen-bond acceptors (Lipinski definition) is 4. The van der Waals surface area contributed by atoms with Gasteiger partial charge < -0.3 is 9.47 Å². The van der Waals surface area contributed by atoms with Crippen LogP contribution in [0.15, 0.2) is 91.0 Å². The highest BCUT2D eigenvalue weighted by molar-refractivity contribution is 5.25. The third-order valence-electron chi connectivity index (χ3n) is 4.03. The summed E-state index contributed by atoms with van der Waals surface area (Å²) in [5.41, 5.74) is 2.21. The third-order valence-corrected chi connectivity index (χ3v) is 4.03. The average Bonchev–Trinajstić information content (AvgIpc) is 2.76. The second kappa shape index (κ2) is 9.31. The minimum absolute atomic E-state index is 0.734. The number of benzene rings is 3. The van der Waals surface area contributed by atoms with E-state index in [0.717, 1.165) is 16.7 Å². The van der Waals surface area contributed by atoms with Crippen molar-refractivity contribution < 1.29 is 9.47 Å². The van der Waals surface area contributed by atoms with Gasteiger partial charge in [-0.25, -0.2) is 0 Å². The zero-order chi connectivity index (χ0) is 18.9. The lowest BCUT2D eigenvalue weighted by Crippen LogP contribution is -2.15. The Kier molecular flexibility index (Phi) is 6.33. The summed E-state index contributed by atoms with van der Waals surface area (Å²) in [5.74, 6) is 0. The van der Waals surface area contributed by atoms with Crippen LogP contribution in [-0.2, 0) is 9.47 Å². The molecule has 0 fully saturated rings. The molecule has 0 aromatic heterocycles. The first-order valence-corrected chi connectivity index (χ1v) is 8.57. The highest BCUT2D eigenvalue weighted by Gasteiger charge is 2.24. The molecule has 0 aliphatic heterocycles. The minimum atomic E-state index is -0.860. The van der Waals surface area contributed by atoms with Crippen LogP contribution in [0.1, 0.15) is 35.2 Å². The molecule has 0 unspecified atom stereocenters. The van der Waals surface area contributed by atoms with Gasteiger partial charge in [-0.2, -0.15) is 10.5 Å². The quantitative estimate of drug-likeness (QED) is 0.544. The van der Waals surface area contributed by atoms with E-state index in [1.807, 2.05) is 91.0 Å². The van der Waals surface area contributed by atoms with Gasteiger partial charge in [-0.05, 0) is 11.1 Å². The summed E-state index contributed by atoms with van der Waals surface area (Å²) in [5, 5.41) is 19.2. The maximum Gasteiger partial charge on any atom is 0.188 e. The Balaban J connectivity index is 1.88. The Hall–Kier alpha value is -3.44. The molecule has 0 spiro atoms. The summed E-state index contributed by atoms with van der Waals surface area (Å²) in [6.45, 7) is 0. The molecule has 0 bridgehead atoms. The van der Waals surface area contributed by atoms with Crippen LogP contribution in [0, 0.1) is 22.7 Å². The van der Waals surface area contributed by atoms with Crippen molar-refractivity contribution >= 4 is 0 Å². The fourth-order valence-corrected chi connectivity index (χ4v) is 2.67. The predicted molar refractivity (Wildman–Crippen MR) is 101 cm³/mol. The van der Waals surface area contributed by atoms with Gasteiger partial charge in [0.05, 0.1) is 12.1 Å². The molecule has 0 aliphatic rings. The average molecular weight is 354 g/mol. The van der Waals surface area contributed by atoms with E-state index in [9.17, 15) is 10.5 Å². The van der Waals surface area contributed by atoms with E-state index in [1.54, 1.807) is 0 Å².